The highest BCUT2D eigenvalue weighted by Crippen LogP contribution is 2.24. The monoisotopic (exact) mass is 382 g/mol. The molecule has 0 radical (unpaired) electrons. The van der Waals surface area contributed by atoms with Crippen molar-refractivity contribution in [2.75, 3.05) is 10.0 Å². The van der Waals surface area contributed by atoms with Gasteiger partial charge in [-0.2, -0.15) is 0 Å². The summed E-state index contributed by atoms with van der Waals surface area (Å²) in [5.41, 5.74) is 4.16. The van der Waals surface area contributed by atoms with Crippen molar-refractivity contribution < 1.29 is 8.42 Å². The molecule has 2 N–H and O–H groups in total. The molecule has 0 bridgehead atoms. The van der Waals surface area contributed by atoms with E-state index in [1.165, 1.54) is 0 Å². The molecule has 0 aliphatic carbocycles. The van der Waals surface area contributed by atoms with E-state index in [0.717, 1.165) is 16.9 Å². The minimum absolute atomic E-state index is 0.276. The molecule has 0 saturated carbocycles. The van der Waals surface area contributed by atoms with Gasteiger partial charge in [0.25, 0.3) is 10.0 Å². The molecule has 0 spiro atoms. The van der Waals surface area contributed by atoms with Gasteiger partial charge in [0.1, 0.15) is 5.82 Å². The van der Waals surface area contributed by atoms with Crippen LogP contribution in [0, 0.1) is 20.8 Å². The summed E-state index contributed by atoms with van der Waals surface area (Å²) in [5.74, 6) is 0.276. The third-order valence-corrected chi connectivity index (χ3v) is 5.73. The van der Waals surface area contributed by atoms with Crippen LogP contribution in [-0.2, 0) is 16.6 Å². The summed E-state index contributed by atoms with van der Waals surface area (Å²) >= 11 is 0. The summed E-state index contributed by atoms with van der Waals surface area (Å²) < 4.78 is 28.1. The first-order valence-corrected chi connectivity index (χ1v) is 10.0. The summed E-state index contributed by atoms with van der Waals surface area (Å²) in [6, 6.07) is 12.9. The maximum atomic E-state index is 12.8. The first kappa shape index (κ1) is 18.8. The van der Waals surface area contributed by atoms with Gasteiger partial charge in [-0.3, -0.25) is 9.71 Å². The zero-order chi connectivity index (χ0) is 19.4. The number of nitrogens with one attached hydrogen (secondary N) is 2. The summed E-state index contributed by atoms with van der Waals surface area (Å²) in [6.45, 7) is 6.11. The fraction of sp³-hybridized carbons (Fsp3) is 0.200. The second-order valence-electron chi connectivity index (χ2n) is 6.44. The van der Waals surface area contributed by atoms with Crippen LogP contribution in [0.1, 0.15) is 22.4 Å². The maximum Gasteiger partial charge on any atom is 0.263 e. The van der Waals surface area contributed by atoms with Gasteiger partial charge < -0.3 is 5.32 Å². The number of benzene rings is 1. The minimum Gasteiger partial charge on any atom is -0.378 e. The number of nitrogens with zero attached hydrogens (tertiary/aromatic N) is 2. The highest BCUT2D eigenvalue weighted by molar-refractivity contribution is 7.92. The van der Waals surface area contributed by atoms with Gasteiger partial charge in [0.05, 0.1) is 29.0 Å². The molecule has 3 aromatic rings. The van der Waals surface area contributed by atoms with Gasteiger partial charge in [0.15, 0.2) is 0 Å². The number of aryl methyl sites for hydroxylation is 3. The Hall–Kier alpha value is -2.93. The van der Waals surface area contributed by atoms with Crippen molar-refractivity contribution in [2.24, 2.45) is 0 Å². The lowest BCUT2D eigenvalue weighted by molar-refractivity contribution is 0.600. The molecule has 0 aliphatic heterocycles. The van der Waals surface area contributed by atoms with Gasteiger partial charge in [-0.25, -0.2) is 13.4 Å². The molecule has 0 atom stereocenters. The van der Waals surface area contributed by atoms with Gasteiger partial charge in [-0.05, 0) is 56.2 Å². The summed E-state index contributed by atoms with van der Waals surface area (Å²) in [4.78, 5) is 8.75. The number of rotatable bonds is 6. The van der Waals surface area contributed by atoms with Crippen LogP contribution >= 0.6 is 0 Å². The Morgan fingerprint density at radius 1 is 0.963 bits per heavy atom. The van der Waals surface area contributed by atoms with Gasteiger partial charge in [0, 0.05) is 6.20 Å². The largest absolute Gasteiger partial charge is 0.378 e. The molecule has 0 saturated heterocycles. The molecular formula is C20H22N4O2S. The van der Waals surface area contributed by atoms with E-state index in [1.54, 1.807) is 38.4 Å². The maximum absolute atomic E-state index is 12.8. The van der Waals surface area contributed by atoms with E-state index in [-0.39, 0.29) is 5.82 Å². The van der Waals surface area contributed by atoms with Gasteiger partial charge in [0.2, 0.25) is 0 Å². The molecule has 27 heavy (non-hydrogen) atoms. The highest BCUT2D eigenvalue weighted by atomic mass is 32.2. The smallest absolute Gasteiger partial charge is 0.263 e. The van der Waals surface area contributed by atoms with Gasteiger partial charge >= 0.3 is 0 Å². The number of aromatic nitrogens is 2. The first-order chi connectivity index (χ1) is 12.8. The van der Waals surface area contributed by atoms with E-state index in [9.17, 15) is 8.42 Å². The van der Waals surface area contributed by atoms with E-state index in [2.05, 4.69) is 20.0 Å². The van der Waals surface area contributed by atoms with E-state index in [0.29, 0.717) is 22.6 Å². The molecule has 0 amide bonds. The second kappa shape index (κ2) is 7.75. The molecule has 140 valence electrons. The lowest BCUT2D eigenvalue weighted by atomic mass is 10.1. The van der Waals surface area contributed by atoms with Crippen LogP contribution in [0.15, 0.2) is 59.8 Å². The van der Waals surface area contributed by atoms with Crippen LogP contribution in [-0.4, -0.2) is 18.4 Å². The van der Waals surface area contributed by atoms with Crippen LogP contribution in [0.5, 0.6) is 0 Å². The molecular weight excluding hydrogens is 360 g/mol. The average molecular weight is 382 g/mol. The molecule has 7 heteroatoms. The van der Waals surface area contributed by atoms with Crippen LogP contribution in [0.3, 0.4) is 0 Å². The van der Waals surface area contributed by atoms with Crippen LogP contribution in [0.25, 0.3) is 0 Å². The number of sulfonamides is 1. The number of hydrogen-bond acceptors (Lipinski definition) is 5. The predicted octanol–water partition coefficient (Wildman–Crippen LogP) is 3.81. The topological polar surface area (TPSA) is 84.0 Å². The van der Waals surface area contributed by atoms with Crippen molar-refractivity contribution in [1.82, 2.24) is 9.97 Å². The SMILES string of the molecule is Cc1cc(C)c(S(=O)(=O)Nc2ccc(NCc3ccccn3)cn2)c(C)c1. The van der Waals surface area contributed by atoms with Gasteiger partial charge in [-0.15, -0.1) is 0 Å². The fourth-order valence-corrected chi connectivity index (χ4v) is 4.50. The van der Waals surface area contributed by atoms with E-state index in [4.69, 9.17) is 0 Å². The lowest BCUT2D eigenvalue weighted by Crippen LogP contribution is -2.16. The minimum atomic E-state index is -3.70. The van der Waals surface area contributed by atoms with Crippen molar-refractivity contribution in [3.8, 4) is 0 Å². The number of hydrogen-bond donors (Lipinski definition) is 2. The van der Waals surface area contributed by atoms with Crippen molar-refractivity contribution in [3.05, 3.63) is 77.2 Å². The Bertz CT molecular complexity index is 1010. The summed E-state index contributed by atoms with van der Waals surface area (Å²) in [5, 5.41) is 3.20. The molecule has 2 aromatic heterocycles. The van der Waals surface area contributed by atoms with E-state index >= 15 is 0 Å². The fourth-order valence-electron chi connectivity index (χ4n) is 3.03. The molecule has 0 fully saturated rings. The third-order valence-electron chi connectivity index (χ3n) is 4.08. The molecule has 6 nitrogen and oxygen atoms in total. The van der Waals surface area contributed by atoms with Crippen molar-refractivity contribution >= 4 is 21.5 Å². The first-order valence-electron chi connectivity index (χ1n) is 8.56. The molecule has 1 aromatic carbocycles. The van der Waals surface area contributed by atoms with Crippen LogP contribution in [0.2, 0.25) is 0 Å². The predicted molar refractivity (Wildman–Crippen MR) is 107 cm³/mol. The standard InChI is InChI=1S/C20H22N4O2S/c1-14-10-15(2)20(16(3)11-14)27(25,26)24-19-8-7-18(13-23-19)22-12-17-6-4-5-9-21-17/h4-11,13,22H,12H2,1-3H3,(H,23,24). The number of anilines is 2. The molecule has 3 rings (SSSR count). The van der Waals surface area contributed by atoms with Gasteiger partial charge in [-0.1, -0.05) is 23.8 Å². The Morgan fingerprint density at radius 2 is 1.70 bits per heavy atom. The zero-order valence-corrected chi connectivity index (χ0v) is 16.3. The summed E-state index contributed by atoms with van der Waals surface area (Å²) in [7, 11) is -3.70. The Labute approximate surface area is 159 Å². The normalized spacial score (nSPS) is 11.2. The molecule has 0 aliphatic rings. The van der Waals surface area contributed by atoms with Crippen LogP contribution < -0.4 is 10.0 Å². The molecule has 2 heterocycles. The second-order valence-corrected chi connectivity index (χ2v) is 8.06. The summed E-state index contributed by atoms with van der Waals surface area (Å²) in [6.07, 6.45) is 3.33. The highest BCUT2D eigenvalue weighted by Gasteiger charge is 2.20. The Kier molecular flexibility index (Phi) is 5.41. The number of pyridine rings is 2. The Balaban J connectivity index is 1.72. The van der Waals surface area contributed by atoms with Crippen molar-refractivity contribution in [2.45, 2.75) is 32.2 Å². The third kappa shape index (κ3) is 4.62. The quantitative estimate of drug-likeness (QED) is 0.677. The van der Waals surface area contributed by atoms with Crippen molar-refractivity contribution in [1.29, 1.82) is 0 Å². The lowest BCUT2D eigenvalue weighted by Gasteiger charge is -2.14. The van der Waals surface area contributed by atoms with E-state index < -0.39 is 10.0 Å². The molecule has 0 unspecified atom stereocenters. The Morgan fingerprint density at radius 3 is 2.30 bits per heavy atom. The van der Waals surface area contributed by atoms with Crippen LogP contribution in [0.4, 0.5) is 11.5 Å². The van der Waals surface area contributed by atoms with Crippen molar-refractivity contribution in [3.63, 3.8) is 0 Å². The zero-order valence-electron chi connectivity index (χ0n) is 15.5. The average Bonchev–Trinajstić information content (AvgIpc) is 2.60. The van der Waals surface area contributed by atoms with E-state index in [1.807, 2.05) is 37.3 Å².